The third-order valence-corrected chi connectivity index (χ3v) is 11.0. The fourth-order valence-electron chi connectivity index (χ4n) is 7.09. The molecule has 54 heavy (non-hydrogen) atoms. The summed E-state index contributed by atoms with van der Waals surface area (Å²) in [6.45, 7) is 1.83. The number of carboxylic acid groups (broad SMARTS) is 1. The van der Waals surface area contributed by atoms with Crippen molar-refractivity contribution in [3.63, 3.8) is 0 Å². The molecule has 0 saturated heterocycles. The Kier molecular flexibility index (Phi) is 13.0. The fraction of sp³-hybridized carbons (Fsp3) is 0.351. The minimum absolute atomic E-state index is 0.00132. The van der Waals surface area contributed by atoms with Crippen LogP contribution < -0.4 is 15.6 Å². The number of rotatable bonds is 15. The predicted molar refractivity (Wildman–Crippen MR) is 211 cm³/mol. The number of carbonyl (C=O) groups is 3. The molecule has 1 aliphatic carbocycles. The predicted octanol–water partition coefficient (Wildman–Crippen LogP) is 6.38. The molecule has 17 heteroatoms. The van der Waals surface area contributed by atoms with E-state index in [9.17, 15) is 33.8 Å². The van der Waals surface area contributed by atoms with Gasteiger partial charge in [-0.25, -0.2) is 9.36 Å². The van der Waals surface area contributed by atoms with Crippen molar-refractivity contribution in [1.29, 1.82) is 0 Å². The quantitative estimate of drug-likeness (QED) is 0.0578. The number of benzene rings is 3. The standard InChI is InChI=1S/C37H42Cl2N5O8PS/c1-3-7-30(33(40)54)43(2)35(46)37(17-16-29-27(20-37)26-18-24(38)19-28(39)32(26)41-29)42-34(45)31(44(36(47)48)21-23-8-5-4-6-9-23)15-12-22-10-13-25(14-11-22)52-53(49,50)51/h4-6,8-11,13-14,18-19,30-31,41H,3,7,12,15-17,20-21H2,1-2H3,(H2,40,54)(H,42,45)(H,47,48)(H2,49,50,51)/t30?,31-,37?/m0/s1. The number of likely N-dealkylation sites (N-methyl/N-ethyl adjacent to an activating group) is 1. The number of phosphoric acid groups is 1. The molecule has 0 saturated carbocycles. The van der Waals surface area contributed by atoms with Crippen LogP contribution in [-0.4, -0.2) is 77.2 Å². The van der Waals surface area contributed by atoms with Gasteiger partial charge in [-0.1, -0.05) is 91.2 Å². The van der Waals surface area contributed by atoms with E-state index in [4.69, 9.17) is 41.2 Å². The van der Waals surface area contributed by atoms with E-state index in [0.717, 1.165) is 16.2 Å². The average molecular weight is 819 g/mol. The maximum Gasteiger partial charge on any atom is 0.524 e. The number of aryl methyl sites for hydroxylation is 2. The minimum atomic E-state index is -4.78. The molecule has 1 aliphatic rings. The van der Waals surface area contributed by atoms with Gasteiger partial charge in [-0.2, -0.15) is 0 Å². The molecule has 1 aromatic heterocycles. The summed E-state index contributed by atoms with van der Waals surface area (Å²) in [7, 11) is -3.18. The number of nitrogens with two attached hydrogens (primary N) is 1. The van der Waals surface area contributed by atoms with Gasteiger partial charge >= 0.3 is 13.9 Å². The first kappa shape index (κ1) is 41.0. The van der Waals surface area contributed by atoms with Crippen molar-refractivity contribution in [2.24, 2.45) is 5.73 Å². The molecule has 0 fully saturated rings. The summed E-state index contributed by atoms with van der Waals surface area (Å²) < 4.78 is 16.0. The molecule has 7 N–H and O–H groups in total. The molecule has 13 nitrogen and oxygen atoms in total. The molecule has 3 atom stereocenters. The Balaban J connectivity index is 1.55. The highest BCUT2D eigenvalue weighted by atomic mass is 35.5. The van der Waals surface area contributed by atoms with Crippen LogP contribution in [0.4, 0.5) is 4.79 Å². The molecule has 2 unspecified atom stereocenters. The Morgan fingerprint density at radius 2 is 1.74 bits per heavy atom. The topological polar surface area (TPSA) is 199 Å². The van der Waals surface area contributed by atoms with Crippen LogP contribution >= 0.6 is 43.2 Å². The van der Waals surface area contributed by atoms with Crippen molar-refractivity contribution < 1.29 is 38.4 Å². The summed E-state index contributed by atoms with van der Waals surface area (Å²) in [6.07, 6.45) is 0.594. The van der Waals surface area contributed by atoms with Gasteiger partial charge in [-0.15, -0.1) is 0 Å². The number of amides is 3. The van der Waals surface area contributed by atoms with Crippen LogP contribution in [0.5, 0.6) is 5.75 Å². The maximum absolute atomic E-state index is 14.8. The zero-order valence-electron chi connectivity index (χ0n) is 29.6. The van der Waals surface area contributed by atoms with Crippen molar-refractivity contribution in [2.75, 3.05) is 7.05 Å². The normalized spacial score (nSPS) is 16.6. The molecule has 0 bridgehead atoms. The lowest BCUT2D eigenvalue weighted by Crippen LogP contribution is -2.66. The molecule has 0 spiro atoms. The van der Waals surface area contributed by atoms with Gasteiger partial charge in [0, 0.05) is 36.1 Å². The molecular weight excluding hydrogens is 776 g/mol. The van der Waals surface area contributed by atoms with E-state index < -0.39 is 43.4 Å². The summed E-state index contributed by atoms with van der Waals surface area (Å²) >= 11 is 18.4. The second-order valence-corrected chi connectivity index (χ2v) is 15.9. The highest BCUT2D eigenvalue weighted by Gasteiger charge is 2.48. The number of hydrogen-bond acceptors (Lipinski definition) is 6. The lowest BCUT2D eigenvalue weighted by Gasteiger charge is -2.42. The Hall–Kier alpha value is -4.17. The largest absolute Gasteiger partial charge is 0.524 e. The molecule has 288 valence electrons. The summed E-state index contributed by atoms with van der Waals surface area (Å²) in [5.41, 5.74) is 8.12. The van der Waals surface area contributed by atoms with E-state index in [0.29, 0.717) is 51.3 Å². The second-order valence-electron chi connectivity index (χ2n) is 13.4. The number of H-pyrrole nitrogens is 1. The Morgan fingerprint density at radius 1 is 1.06 bits per heavy atom. The summed E-state index contributed by atoms with van der Waals surface area (Å²) in [5, 5.41) is 15.1. The van der Waals surface area contributed by atoms with E-state index in [1.807, 2.05) is 6.92 Å². The van der Waals surface area contributed by atoms with Crippen molar-refractivity contribution in [2.45, 2.75) is 76.0 Å². The number of hydrogen-bond donors (Lipinski definition) is 6. The third-order valence-electron chi connectivity index (χ3n) is 9.73. The first-order chi connectivity index (χ1) is 25.5. The highest BCUT2D eigenvalue weighted by Crippen LogP contribution is 2.40. The number of aromatic amines is 1. The molecule has 0 radical (unpaired) electrons. The van der Waals surface area contributed by atoms with E-state index in [2.05, 4.69) is 14.8 Å². The first-order valence-electron chi connectivity index (χ1n) is 17.3. The number of aromatic nitrogens is 1. The Bertz CT molecular complexity index is 2080. The molecule has 5 rings (SSSR count). The fourth-order valence-corrected chi connectivity index (χ4v) is 8.30. The van der Waals surface area contributed by atoms with Crippen molar-refractivity contribution in [1.82, 2.24) is 20.1 Å². The number of phosphoric ester groups is 1. The maximum atomic E-state index is 14.8. The van der Waals surface area contributed by atoms with Gasteiger partial charge in [0.25, 0.3) is 0 Å². The SMILES string of the molecule is CCCC(C(N)=S)N(C)C(=O)C1(NC(=O)[C@H](CCc2ccc(OP(=O)(O)O)cc2)N(Cc2ccccc2)C(=O)O)CCc2[nH]c3c(Cl)cc(Cl)cc3c2C1. The van der Waals surface area contributed by atoms with Crippen LogP contribution in [0.3, 0.4) is 0 Å². The molecule has 0 aliphatic heterocycles. The summed E-state index contributed by atoms with van der Waals surface area (Å²) in [6, 6.07) is 16.2. The number of thiocarbonyl (C=S) groups is 1. The minimum Gasteiger partial charge on any atom is -0.465 e. The Labute approximate surface area is 328 Å². The van der Waals surface area contributed by atoms with Crippen LogP contribution in [0.15, 0.2) is 66.7 Å². The van der Waals surface area contributed by atoms with E-state index in [-0.39, 0.29) is 43.0 Å². The van der Waals surface area contributed by atoms with E-state index in [1.165, 1.54) is 17.0 Å². The molecule has 3 amide bonds. The zero-order chi connectivity index (χ0) is 39.4. The van der Waals surface area contributed by atoms with Crippen LogP contribution in [0.1, 0.15) is 55.0 Å². The van der Waals surface area contributed by atoms with Gasteiger partial charge in [-0.05, 0) is 73.1 Å². The first-order valence-corrected chi connectivity index (χ1v) is 20.0. The number of nitrogens with one attached hydrogen (secondary N) is 2. The average Bonchev–Trinajstić information content (AvgIpc) is 3.47. The van der Waals surface area contributed by atoms with Crippen molar-refractivity contribution in [3.8, 4) is 5.75 Å². The van der Waals surface area contributed by atoms with Crippen LogP contribution in [0.25, 0.3) is 10.9 Å². The van der Waals surface area contributed by atoms with Gasteiger partial charge < -0.3 is 30.6 Å². The van der Waals surface area contributed by atoms with Crippen LogP contribution in [0, 0.1) is 0 Å². The molecule has 1 heterocycles. The highest BCUT2D eigenvalue weighted by molar-refractivity contribution is 7.80. The van der Waals surface area contributed by atoms with Gasteiger partial charge in [0.15, 0.2) is 0 Å². The lowest BCUT2D eigenvalue weighted by molar-refractivity contribution is -0.143. The van der Waals surface area contributed by atoms with Gasteiger partial charge in [0.05, 0.1) is 21.6 Å². The van der Waals surface area contributed by atoms with Crippen LogP contribution in [0.2, 0.25) is 10.0 Å². The smallest absolute Gasteiger partial charge is 0.465 e. The zero-order valence-corrected chi connectivity index (χ0v) is 32.9. The third kappa shape index (κ3) is 9.55. The number of nitrogens with zero attached hydrogens (tertiary/aromatic N) is 2. The van der Waals surface area contributed by atoms with Gasteiger partial charge in [0.2, 0.25) is 11.8 Å². The number of carbonyl (C=O) groups excluding carboxylic acids is 2. The molecule has 3 aromatic carbocycles. The van der Waals surface area contributed by atoms with Crippen molar-refractivity contribution in [3.05, 3.63) is 99.2 Å². The van der Waals surface area contributed by atoms with Crippen LogP contribution in [-0.2, 0) is 40.0 Å². The number of fused-ring (bicyclic) bond motifs is 3. The second kappa shape index (κ2) is 17.1. The number of halogens is 2. The van der Waals surface area contributed by atoms with Crippen molar-refractivity contribution >= 4 is 77.0 Å². The van der Waals surface area contributed by atoms with E-state index >= 15 is 0 Å². The van der Waals surface area contributed by atoms with Gasteiger partial charge in [0.1, 0.15) is 17.3 Å². The monoisotopic (exact) mass is 817 g/mol. The van der Waals surface area contributed by atoms with Gasteiger partial charge in [-0.3, -0.25) is 24.3 Å². The summed E-state index contributed by atoms with van der Waals surface area (Å²) in [4.78, 5) is 66.9. The lowest BCUT2D eigenvalue weighted by atomic mass is 9.78. The molecule has 4 aromatic rings. The Morgan fingerprint density at radius 3 is 2.35 bits per heavy atom. The summed E-state index contributed by atoms with van der Waals surface area (Å²) in [5.74, 6) is -1.17. The molecular formula is C37H42Cl2N5O8PS. The van der Waals surface area contributed by atoms with E-state index in [1.54, 1.807) is 61.6 Å².